The first kappa shape index (κ1) is 19.1. The molecule has 0 bridgehead atoms. The molecule has 0 fully saturated rings. The first-order chi connectivity index (χ1) is 8.15. The van der Waals surface area contributed by atoms with Gasteiger partial charge in [-0.1, -0.05) is 0 Å². The molecule has 0 saturated carbocycles. The molecule has 9 heteroatoms. The van der Waals surface area contributed by atoms with Crippen molar-refractivity contribution in [3.63, 3.8) is 0 Å². The Morgan fingerprint density at radius 1 is 0.647 bits per heavy atom. The molecule has 17 heavy (non-hydrogen) atoms. The molecule has 10 N–H and O–H groups in total. The molecule has 104 valence electrons. The molecule has 0 aliphatic carbocycles. The van der Waals surface area contributed by atoms with E-state index in [0.29, 0.717) is 13.1 Å². The predicted octanol–water partition coefficient (Wildman–Crippen LogP) is -4.38. The van der Waals surface area contributed by atoms with Crippen LogP contribution in [0.5, 0.6) is 0 Å². The van der Waals surface area contributed by atoms with E-state index in [4.69, 9.17) is 26.5 Å². The lowest BCUT2D eigenvalue weighted by Crippen LogP contribution is -2.35. The molecule has 0 radical (unpaired) electrons. The van der Waals surface area contributed by atoms with Crippen molar-refractivity contribution >= 4 is 7.32 Å². The van der Waals surface area contributed by atoms with Crippen LogP contribution < -0.4 is 27.4 Å². The summed E-state index contributed by atoms with van der Waals surface area (Å²) in [5.41, 5.74) is 10.6. The van der Waals surface area contributed by atoms with Gasteiger partial charge in [-0.15, -0.1) is 0 Å². The maximum atomic E-state index is 7.17. The van der Waals surface area contributed by atoms with E-state index in [-0.39, 0.29) is 0 Å². The van der Waals surface area contributed by atoms with E-state index in [1.807, 2.05) is 0 Å². The van der Waals surface area contributed by atoms with E-state index in [9.17, 15) is 0 Å². The van der Waals surface area contributed by atoms with Gasteiger partial charge in [0.2, 0.25) is 0 Å². The average molecular weight is 251 g/mol. The lowest BCUT2D eigenvalue weighted by molar-refractivity contribution is 0.278. The molecule has 0 amide bonds. The zero-order chi connectivity index (χ0) is 13.4. The molecular formula is C8H26BN5O3. The van der Waals surface area contributed by atoms with E-state index in [1.54, 1.807) is 0 Å². The fraction of sp³-hybridized carbons (Fsp3) is 1.00. The standard InChI is InChI=1S/C8H23N5.BH3O3/c9-1-3-11-5-7-13-8-6-12-4-2-10;2-1(3)4/h11-13H,1-10H2;2-4H. The molecule has 0 aromatic rings. The monoisotopic (exact) mass is 251 g/mol. The van der Waals surface area contributed by atoms with Crippen molar-refractivity contribution < 1.29 is 15.1 Å². The smallest absolute Gasteiger partial charge is 0.402 e. The van der Waals surface area contributed by atoms with Crippen molar-refractivity contribution in [3.05, 3.63) is 0 Å². The van der Waals surface area contributed by atoms with Crippen molar-refractivity contribution in [2.24, 2.45) is 11.5 Å². The molecule has 0 aromatic carbocycles. The predicted molar refractivity (Wildman–Crippen MR) is 69.1 cm³/mol. The third kappa shape index (κ3) is 31.3. The first-order valence-electron chi connectivity index (χ1n) is 5.71. The minimum atomic E-state index is -2.17. The molecular weight excluding hydrogens is 225 g/mol. The Labute approximate surface area is 103 Å². The molecule has 0 spiro atoms. The van der Waals surface area contributed by atoms with Gasteiger partial charge in [0.15, 0.2) is 0 Å². The SMILES string of the molecule is NCCNCCNCCNCCN.OB(O)O. The molecule has 8 nitrogen and oxygen atoms in total. The van der Waals surface area contributed by atoms with Crippen molar-refractivity contribution in [2.75, 3.05) is 52.4 Å². The highest BCUT2D eigenvalue weighted by atomic mass is 16.5. The first-order valence-corrected chi connectivity index (χ1v) is 5.71. The molecule has 0 heterocycles. The number of rotatable bonds is 10. The van der Waals surface area contributed by atoms with Gasteiger partial charge in [-0.2, -0.15) is 0 Å². The van der Waals surface area contributed by atoms with Gasteiger partial charge in [-0.25, -0.2) is 0 Å². The summed E-state index contributed by atoms with van der Waals surface area (Å²) in [6, 6.07) is 0. The van der Waals surface area contributed by atoms with E-state index >= 15 is 0 Å². The van der Waals surface area contributed by atoms with Crippen molar-refractivity contribution in [1.82, 2.24) is 16.0 Å². The number of nitrogens with one attached hydrogen (secondary N) is 3. The van der Waals surface area contributed by atoms with E-state index in [2.05, 4.69) is 16.0 Å². The third-order valence-electron chi connectivity index (χ3n) is 1.60. The van der Waals surface area contributed by atoms with Crippen LogP contribution in [0.4, 0.5) is 0 Å². The van der Waals surface area contributed by atoms with Crippen LogP contribution in [-0.2, 0) is 0 Å². The van der Waals surface area contributed by atoms with Crippen LogP contribution in [0.1, 0.15) is 0 Å². The maximum absolute atomic E-state index is 7.17. The largest absolute Gasteiger partial charge is 0.631 e. The molecule has 0 aliphatic rings. The highest BCUT2D eigenvalue weighted by Gasteiger charge is 1.92. The van der Waals surface area contributed by atoms with Crippen LogP contribution in [0.25, 0.3) is 0 Å². The fourth-order valence-electron chi connectivity index (χ4n) is 0.933. The minimum Gasteiger partial charge on any atom is -0.402 e. The van der Waals surface area contributed by atoms with Gasteiger partial charge in [0.1, 0.15) is 0 Å². The van der Waals surface area contributed by atoms with E-state index in [0.717, 1.165) is 39.3 Å². The molecule has 0 rings (SSSR count). The number of nitrogens with two attached hydrogens (primary N) is 2. The average Bonchev–Trinajstić information content (AvgIpc) is 2.26. The maximum Gasteiger partial charge on any atom is 0.631 e. The van der Waals surface area contributed by atoms with E-state index < -0.39 is 7.32 Å². The Morgan fingerprint density at radius 3 is 1.12 bits per heavy atom. The Bertz CT molecular complexity index is 121. The molecule has 0 unspecified atom stereocenters. The Kier molecular flexibility index (Phi) is 20.4. The van der Waals surface area contributed by atoms with Gasteiger partial charge in [0.25, 0.3) is 0 Å². The Balaban J connectivity index is 0. The molecule has 0 aliphatic heterocycles. The lowest BCUT2D eigenvalue weighted by Gasteiger charge is -2.06. The fourth-order valence-corrected chi connectivity index (χ4v) is 0.933. The van der Waals surface area contributed by atoms with Gasteiger partial charge >= 0.3 is 7.32 Å². The summed E-state index contributed by atoms with van der Waals surface area (Å²) in [4.78, 5) is 0. The summed E-state index contributed by atoms with van der Waals surface area (Å²) < 4.78 is 0. The van der Waals surface area contributed by atoms with Crippen LogP contribution in [0.2, 0.25) is 0 Å². The zero-order valence-electron chi connectivity index (χ0n) is 10.2. The van der Waals surface area contributed by atoms with Crippen LogP contribution in [0, 0.1) is 0 Å². The molecule has 0 atom stereocenters. The van der Waals surface area contributed by atoms with Crippen molar-refractivity contribution in [2.45, 2.75) is 0 Å². The van der Waals surface area contributed by atoms with Crippen molar-refractivity contribution in [1.29, 1.82) is 0 Å². The topological polar surface area (TPSA) is 149 Å². The highest BCUT2D eigenvalue weighted by molar-refractivity contribution is 6.30. The van der Waals surface area contributed by atoms with Crippen LogP contribution in [0.3, 0.4) is 0 Å². The minimum absolute atomic E-state index is 0.706. The number of hydrogen-bond donors (Lipinski definition) is 8. The Hall–Kier alpha value is -0.255. The van der Waals surface area contributed by atoms with Gasteiger partial charge in [0.05, 0.1) is 0 Å². The second-order valence-corrected chi connectivity index (χ2v) is 3.17. The third-order valence-corrected chi connectivity index (χ3v) is 1.60. The van der Waals surface area contributed by atoms with Crippen molar-refractivity contribution in [3.8, 4) is 0 Å². The van der Waals surface area contributed by atoms with Gasteiger partial charge in [-0.3, -0.25) is 0 Å². The summed E-state index contributed by atoms with van der Waals surface area (Å²) in [6.45, 7) is 7.15. The van der Waals surface area contributed by atoms with Crippen LogP contribution in [0.15, 0.2) is 0 Å². The Morgan fingerprint density at radius 2 is 0.882 bits per heavy atom. The number of hydrogen-bond acceptors (Lipinski definition) is 8. The highest BCUT2D eigenvalue weighted by Crippen LogP contribution is 1.60. The second kappa shape index (κ2) is 18.1. The second-order valence-electron chi connectivity index (χ2n) is 3.17. The van der Waals surface area contributed by atoms with Crippen LogP contribution >= 0.6 is 0 Å². The summed E-state index contributed by atoms with van der Waals surface area (Å²) in [6.07, 6.45) is 0. The van der Waals surface area contributed by atoms with Gasteiger partial charge < -0.3 is 42.5 Å². The quantitative estimate of drug-likeness (QED) is 0.143. The van der Waals surface area contributed by atoms with Crippen LogP contribution in [-0.4, -0.2) is 74.8 Å². The summed E-state index contributed by atoms with van der Waals surface area (Å²) in [5.74, 6) is 0. The zero-order valence-corrected chi connectivity index (χ0v) is 10.2. The molecule has 0 saturated heterocycles. The summed E-state index contributed by atoms with van der Waals surface area (Å²) >= 11 is 0. The van der Waals surface area contributed by atoms with E-state index in [1.165, 1.54) is 0 Å². The van der Waals surface area contributed by atoms with Gasteiger partial charge in [-0.05, 0) is 0 Å². The summed E-state index contributed by atoms with van der Waals surface area (Å²) in [5, 5.41) is 31.2. The normalized spacial score (nSPS) is 9.71. The summed E-state index contributed by atoms with van der Waals surface area (Å²) in [7, 11) is -2.17. The lowest BCUT2D eigenvalue weighted by atomic mass is 10.3. The van der Waals surface area contributed by atoms with Gasteiger partial charge in [0, 0.05) is 52.4 Å². The molecule has 0 aromatic heterocycles.